The molecule has 0 saturated carbocycles. The van der Waals surface area contributed by atoms with E-state index in [-0.39, 0.29) is 17.7 Å². The van der Waals surface area contributed by atoms with Gasteiger partial charge < -0.3 is 19.9 Å². The first-order valence-electron chi connectivity index (χ1n) is 11.8. The molecule has 2 aliphatic heterocycles. The highest BCUT2D eigenvalue weighted by atomic mass is 16.5. The lowest BCUT2D eigenvalue weighted by Gasteiger charge is -2.26. The van der Waals surface area contributed by atoms with E-state index < -0.39 is 6.04 Å². The van der Waals surface area contributed by atoms with Crippen LogP contribution >= 0.6 is 0 Å². The third-order valence-electron chi connectivity index (χ3n) is 6.63. The van der Waals surface area contributed by atoms with Crippen LogP contribution in [0.5, 0.6) is 5.75 Å². The SMILES string of the molecule is COc1cccc(CNC(=O)c2ccc(CN3C(=O)[C@H]4CCCN4C(=O)c4ccccc43)cc2)c1. The minimum atomic E-state index is -0.420. The Morgan fingerprint density at radius 1 is 1.00 bits per heavy atom. The van der Waals surface area contributed by atoms with E-state index in [0.717, 1.165) is 23.3 Å². The van der Waals surface area contributed by atoms with Crippen LogP contribution in [0.3, 0.4) is 0 Å². The maximum atomic E-state index is 13.4. The van der Waals surface area contributed by atoms with Crippen LogP contribution in [0.1, 0.15) is 44.7 Å². The molecule has 178 valence electrons. The molecule has 3 amide bonds. The first kappa shape index (κ1) is 22.7. The number of hydrogen-bond acceptors (Lipinski definition) is 4. The minimum absolute atomic E-state index is 0.0547. The summed E-state index contributed by atoms with van der Waals surface area (Å²) in [6, 6.07) is 21.7. The van der Waals surface area contributed by atoms with Crippen molar-refractivity contribution in [1.82, 2.24) is 10.2 Å². The fourth-order valence-electron chi connectivity index (χ4n) is 4.78. The Kier molecular flexibility index (Phi) is 6.23. The Labute approximate surface area is 204 Å². The highest BCUT2D eigenvalue weighted by molar-refractivity contribution is 6.11. The fraction of sp³-hybridized carbons (Fsp3) is 0.250. The molecular weight excluding hydrogens is 442 g/mol. The van der Waals surface area contributed by atoms with Gasteiger partial charge in [-0.3, -0.25) is 14.4 Å². The average molecular weight is 470 g/mol. The van der Waals surface area contributed by atoms with Gasteiger partial charge in [0.05, 0.1) is 24.9 Å². The smallest absolute Gasteiger partial charge is 0.256 e. The Balaban J connectivity index is 1.31. The molecule has 0 spiro atoms. The second-order valence-corrected chi connectivity index (χ2v) is 8.83. The summed E-state index contributed by atoms with van der Waals surface area (Å²) in [7, 11) is 1.61. The van der Waals surface area contributed by atoms with Gasteiger partial charge >= 0.3 is 0 Å². The number of para-hydroxylation sites is 1. The third kappa shape index (κ3) is 4.49. The second kappa shape index (κ2) is 9.62. The molecule has 0 aromatic heterocycles. The number of carbonyl (C=O) groups is 3. The van der Waals surface area contributed by atoms with E-state index in [1.165, 1.54) is 0 Å². The predicted octanol–water partition coefficient (Wildman–Crippen LogP) is 3.78. The van der Waals surface area contributed by atoms with Crippen molar-refractivity contribution in [1.29, 1.82) is 0 Å². The lowest BCUT2D eigenvalue weighted by molar-refractivity contribution is -0.122. The van der Waals surface area contributed by atoms with E-state index in [1.807, 2.05) is 54.6 Å². The number of carbonyl (C=O) groups excluding carboxylic acids is 3. The maximum Gasteiger partial charge on any atom is 0.256 e. The van der Waals surface area contributed by atoms with Crippen LogP contribution in [0.2, 0.25) is 0 Å². The molecule has 0 radical (unpaired) electrons. The van der Waals surface area contributed by atoms with Crippen molar-refractivity contribution < 1.29 is 19.1 Å². The van der Waals surface area contributed by atoms with Crippen molar-refractivity contribution in [2.75, 3.05) is 18.6 Å². The molecule has 1 N–H and O–H groups in total. The van der Waals surface area contributed by atoms with E-state index in [0.29, 0.717) is 42.9 Å². The van der Waals surface area contributed by atoms with E-state index >= 15 is 0 Å². The summed E-state index contributed by atoms with van der Waals surface area (Å²) < 4.78 is 5.23. The van der Waals surface area contributed by atoms with Gasteiger partial charge in [0.2, 0.25) is 5.91 Å². The van der Waals surface area contributed by atoms with Crippen LogP contribution in [0.25, 0.3) is 0 Å². The highest BCUT2D eigenvalue weighted by Gasteiger charge is 2.41. The van der Waals surface area contributed by atoms with Crippen molar-refractivity contribution in [2.24, 2.45) is 0 Å². The molecule has 1 fully saturated rings. The highest BCUT2D eigenvalue weighted by Crippen LogP contribution is 2.33. The van der Waals surface area contributed by atoms with Gasteiger partial charge in [-0.2, -0.15) is 0 Å². The number of fused-ring (bicyclic) bond motifs is 2. The number of amides is 3. The van der Waals surface area contributed by atoms with Gasteiger partial charge in [0.15, 0.2) is 0 Å². The number of methoxy groups -OCH3 is 1. The van der Waals surface area contributed by atoms with Gasteiger partial charge in [-0.1, -0.05) is 36.4 Å². The first-order valence-corrected chi connectivity index (χ1v) is 11.8. The molecule has 0 unspecified atom stereocenters. The predicted molar refractivity (Wildman–Crippen MR) is 132 cm³/mol. The monoisotopic (exact) mass is 469 g/mol. The molecule has 35 heavy (non-hydrogen) atoms. The van der Waals surface area contributed by atoms with Gasteiger partial charge in [0.1, 0.15) is 11.8 Å². The number of ether oxygens (including phenoxy) is 1. The summed E-state index contributed by atoms with van der Waals surface area (Å²) in [5, 5.41) is 2.92. The molecule has 3 aromatic rings. The molecule has 0 bridgehead atoms. The summed E-state index contributed by atoms with van der Waals surface area (Å²) >= 11 is 0. The molecule has 7 nitrogen and oxygen atoms in total. The van der Waals surface area contributed by atoms with E-state index in [1.54, 1.807) is 35.1 Å². The van der Waals surface area contributed by atoms with Crippen LogP contribution in [0.15, 0.2) is 72.8 Å². The molecule has 1 saturated heterocycles. The van der Waals surface area contributed by atoms with Gasteiger partial charge in [-0.25, -0.2) is 0 Å². The lowest BCUT2D eigenvalue weighted by atomic mass is 10.1. The van der Waals surface area contributed by atoms with Crippen molar-refractivity contribution in [2.45, 2.75) is 32.0 Å². The van der Waals surface area contributed by atoms with Gasteiger partial charge in [-0.05, 0) is 60.4 Å². The third-order valence-corrected chi connectivity index (χ3v) is 6.63. The van der Waals surface area contributed by atoms with Crippen molar-refractivity contribution in [3.8, 4) is 5.75 Å². The first-order chi connectivity index (χ1) is 17.0. The van der Waals surface area contributed by atoms with E-state index in [2.05, 4.69) is 5.32 Å². The summed E-state index contributed by atoms with van der Waals surface area (Å²) in [5.41, 5.74) is 3.56. The lowest BCUT2D eigenvalue weighted by Crippen LogP contribution is -2.44. The number of nitrogens with one attached hydrogen (secondary N) is 1. The number of rotatable bonds is 6. The number of hydrogen-bond donors (Lipinski definition) is 1. The van der Waals surface area contributed by atoms with Crippen LogP contribution in [0.4, 0.5) is 5.69 Å². The van der Waals surface area contributed by atoms with Crippen molar-refractivity contribution >= 4 is 23.4 Å². The summed E-state index contributed by atoms with van der Waals surface area (Å²) in [5.74, 6) is 0.429. The molecule has 2 heterocycles. The largest absolute Gasteiger partial charge is 0.497 e. The van der Waals surface area contributed by atoms with Crippen LogP contribution in [-0.4, -0.2) is 42.3 Å². The van der Waals surface area contributed by atoms with Crippen molar-refractivity contribution in [3.63, 3.8) is 0 Å². The molecule has 3 aromatic carbocycles. The molecule has 0 aliphatic carbocycles. The fourth-order valence-corrected chi connectivity index (χ4v) is 4.78. The zero-order valence-electron chi connectivity index (χ0n) is 19.6. The minimum Gasteiger partial charge on any atom is -0.497 e. The molecule has 2 aliphatic rings. The Morgan fingerprint density at radius 2 is 1.80 bits per heavy atom. The molecular formula is C28H27N3O4. The standard InChI is InChI=1S/C28H27N3O4/c1-35-22-7-4-6-20(16-22)17-29-26(32)21-13-11-19(12-14-21)18-31-24-9-3-2-8-23(24)27(33)30-15-5-10-25(30)28(31)34/h2-4,6-9,11-14,16,25H,5,10,15,17-18H2,1H3,(H,29,32)/t25-/m1/s1. The van der Waals surface area contributed by atoms with Crippen molar-refractivity contribution in [3.05, 3.63) is 95.1 Å². The molecule has 7 heteroatoms. The zero-order valence-corrected chi connectivity index (χ0v) is 19.6. The Hall–Kier alpha value is -4.13. The average Bonchev–Trinajstić information content (AvgIpc) is 3.37. The van der Waals surface area contributed by atoms with Crippen LogP contribution in [-0.2, 0) is 17.9 Å². The quantitative estimate of drug-likeness (QED) is 0.596. The van der Waals surface area contributed by atoms with Gasteiger partial charge in [0, 0.05) is 18.7 Å². The van der Waals surface area contributed by atoms with Gasteiger partial charge in [0.25, 0.3) is 11.8 Å². The van der Waals surface area contributed by atoms with E-state index in [4.69, 9.17) is 4.74 Å². The number of benzene rings is 3. The molecule has 5 rings (SSSR count). The van der Waals surface area contributed by atoms with Gasteiger partial charge in [-0.15, -0.1) is 0 Å². The van der Waals surface area contributed by atoms with Crippen LogP contribution in [0, 0.1) is 0 Å². The second-order valence-electron chi connectivity index (χ2n) is 8.83. The van der Waals surface area contributed by atoms with E-state index in [9.17, 15) is 14.4 Å². The summed E-state index contributed by atoms with van der Waals surface area (Å²) in [6.07, 6.45) is 1.51. The summed E-state index contributed by atoms with van der Waals surface area (Å²) in [6.45, 7) is 1.33. The zero-order chi connectivity index (χ0) is 24.4. The normalized spacial score (nSPS) is 17.0. The summed E-state index contributed by atoms with van der Waals surface area (Å²) in [4.78, 5) is 42.6. The number of anilines is 1. The Bertz CT molecular complexity index is 1270. The van der Waals surface area contributed by atoms with Crippen LogP contribution < -0.4 is 15.0 Å². The number of nitrogens with zero attached hydrogens (tertiary/aromatic N) is 2. The topological polar surface area (TPSA) is 79.0 Å². The Morgan fingerprint density at radius 3 is 2.60 bits per heavy atom. The maximum absolute atomic E-state index is 13.4. The molecule has 1 atom stereocenters.